The van der Waals surface area contributed by atoms with Gasteiger partial charge in [-0.2, -0.15) is 0 Å². The third kappa shape index (κ3) is 4.27. The number of aryl methyl sites for hydroxylation is 1. The van der Waals surface area contributed by atoms with Gasteiger partial charge in [0.25, 0.3) is 5.91 Å². The maximum Gasteiger partial charge on any atom is 0.291 e. The van der Waals surface area contributed by atoms with Gasteiger partial charge in [0.05, 0.1) is 6.26 Å². The van der Waals surface area contributed by atoms with Crippen molar-refractivity contribution in [1.29, 1.82) is 0 Å². The topological polar surface area (TPSA) is 84.5 Å². The van der Waals surface area contributed by atoms with Gasteiger partial charge in [-0.15, -0.1) is 0 Å². The number of furan rings is 2. The first-order valence-electron chi connectivity index (χ1n) is 9.02. The number of hydrogen-bond donors (Lipinski definition) is 2. The van der Waals surface area contributed by atoms with Gasteiger partial charge in [0.2, 0.25) is 5.91 Å². The second-order valence-corrected chi connectivity index (χ2v) is 6.47. The highest BCUT2D eigenvalue weighted by atomic mass is 16.3. The first-order valence-corrected chi connectivity index (χ1v) is 9.02. The van der Waals surface area contributed by atoms with Gasteiger partial charge < -0.3 is 19.5 Å². The third-order valence-corrected chi connectivity index (χ3v) is 4.33. The average Bonchev–Trinajstić information content (AvgIpc) is 3.38. The first-order chi connectivity index (χ1) is 14.1. The Morgan fingerprint density at radius 1 is 0.966 bits per heavy atom. The zero-order valence-electron chi connectivity index (χ0n) is 15.6. The van der Waals surface area contributed by atoms with E-state index in [1.54, 1.807) is 48.7 Å². The number of hydrogen-bond acceptors (Lipinski definition) is 4. The maximum absolute atomic E-state index is 12.5. The maximum atomic E-state index is 12.5. The van der Waals surface area contributed by atoms with Gasteiger partial charge >= 0.3 is 0 Å². The molecule has 4 aromatic rings. The molecule has 0 aliphatic heterocycles. The normalized spacial score (nSPS) is 11.1. The number of carbonyl (C=O) groups excluding carboxylic acids is 2. The lowest BCUT2D eigenvalue weighted by molar-refractivity contribution is -0.111. The van der Waals surface area contributed by atoms with Gasteiger partial charge in [0.15, 0.2) is 5.76 Å². The first kappa shape index (κ1) is 18.3. The molecule has 0 atom stereocenters. The van der Waals surface area contributed by atoms with E-state index in [1.807, 2.05) is 31.2 Å². The predicted molar refractivity (Wildman–Crippen MR) is 112 cm³/mol. The molecule has 0 saturated heterocycles. The number of nitrogens with one attached hydrogen (secondary N) is 2. The van der Waals surface area contributed by atoms with Crippen LogP contribution in [0, 0.1) is 6.92 Å². The minimum absolute atomic E-state index is 0.242. The molecule has 2 aromatic heterocycles. The molecule has 6 nitrogen and oxygen atoms in total. The molecular weight excluding hydrogens is 368 g/mol. The molecular formula is C23H18N2O4. The van der Waals surface area contributed by atoms with Gasteiger partial charge in [-0.05, 0) is 61.0 Å². The number of fused-ring (bicyclic) bond motifs is 1. The predicted octanol–water partition coefficient (Wildman–Crippen LogP) is 5.24. The second-order valence-electron chi connectivity index (χ2n) is 6.47. The van der Waals surface area contributed by atoms with E-state index in [-0.39, 0.29) is 17.6 Å². The molecule has 6 heteroatoms. The number of carbonyl (C=O) groups is 2. The van der Waals surface area contributed by atoms with Crippen molar-refractivity contribution in [2.45, 2.75) is 6.92 Å². The fourth-order valence-corrected chi connectivity index (χ4v) is 2.89. The molecule has 2 N–H and O–H groups in total. The van der Waals surface area contributed by atoms with E-state index >= 15 is 0 Å². The SMILES string of the molecule is Cc1cc(NC(=O)C=Cc2ccco2)ccc1NC(=O)c1cc2ccccc2o1. The number of rotatable bonds is 5. The monoisotopic (exact) mass is 386 g/mol. The van der Waals surface area contributed by atoms with Gasteiger partial charge in [-0.3, -0.25) is 9.59 Å². The Morgan fingerprint density at radius 3 is 2.59 bits per heavy atom. The van der Waals surface area contributed by atoms with E-state index in [4.69, 9.17) is 8.83 Å². The quantitative estimate of drug-likeness (QED) is 0.460. The van der Waals surface area contributed by atoms with E-state index in [0.717, 1.165) is 10.9 Å². The second kappa shape index (κ2) is 7.90. The molecule has 0 aliphatic rings. The van der Waals surface area contributed by atoms with Crippen molar-refractivity contribution in [3.63, 3.8) is 0 Å². The minimum atomic E-state index is -0.331. The molecule has 0 bridgehead atoms. The molecule has 0 aliphatic carbocycles. The van der Waals surface area contributed by atoms with E-state index < -0.39 is 0 Å². The summed E-state index contributed by atoms with van der Waals surface area (Å²) in [5.41, 5.74) is 2.73. The molecule has 2 heterocycles. The smallest absolute Gasteiger partial charge is 0.291 e. The third-order valence-electron chi connectivity index (χ3n) is 4.33. The Hall–Kier alpha value is -4.06. The van der Waals surface area contributed by atoms with Crippen molar-refractivity contribution in [3.05, 3.63) is 90.1 Å². The molecule has 2 aromatic carbocycles. The van der Waals surface area contributed by atoms with Crippen molar-refractivity contribution in [2.75, 3.05) is 10.6 Å². The minimum Gasteiger partial charge on any atom is -0.465 e. The van der Waals surface area contributed by atoms with Crippen LogP contribution in [0.5, 0.6) is 0 Å². The van der Waals surface area contributed by atoms with Gasteiger partial charge in [0.1, 0.15) is 11.3 Å². The molecule has 0 radical (unpaired) electrons. The zero-order chi connectivity index (χ0) is 20.2. The molecule has 0 unspecified atom stereocenters. The molecule has 29 heavy (non-hydrogen) atoms. The summed E-state index contributed by atoms with van der Waals surface area (Å²) in [6.45, 7) is 1.85. The summed E-state index contributed by atoms with van der Waals surface area (Å²) >= 11 is 0. The molecule has 0 spiro atoms. The zero-order valence-corrected chi connectivity index (χ0v) is 15.6. The number of amides is 2. The summed E-state index contributed by atoms with van der Waals surface area (Å²) in [5, 5.41) is 6.49. The lowest BCUT2D eigenvalue weighted by Gasteiger charge is -2.09. The Balaban J connectivity index is 1.42. The van der Waals surface area contributed by atoms with Crippen LogP contribution >= 0.6 is 0 Å². The Bertz CT molecular complexity index is 1170. The van der Waals surface area contributed by atoms with Crippen molar-refractivity contribution < 1.29 is 18.4 Å². The van der Waals surface area contributed by atoms with Gasteiger partial charge in [-0.1, -0.05) is 18.2 Å². The van der Waals surface area contributed by atoms with Gasteiger partial charge in [-0.25, -0.2) is 0 Å². The summed E-state index contributed by atoms with van der Waals surface area (Å²) in [7, 11) is 0. The lowest BCUT2D eigenvalue weighted by atomic mass is 10.1. The molecule has 0 fully saturated rings. The van der Waals surface area contributed by atoms with Crippen LogP contribution in [-0.2, 0) is 4.79 Å². The number of para-hydroxylation sites is 1. The molecule has 2 amide bonds. The Labute approximate surface area is 166 Å². The largest absolute Gasteiger partial charge is 0.465 e. The van der Waals surface area contributed by atoms with Crippen LogP contribution in [0.1, 0.15) is 21.9 Å². The van der Waals surface area contributed by atoms with Crippen molar-refractivity contribution in [2.24, 2.45) is 0 Å². The summed E-state index contributed by atoms with van der Waals surface area (Å²) < 4.78 is 10.7. The lowest BCUT2D eigenvalue weighted by Crippen LogP contribution is -2.12. The van der Waals surface area contributed by atoms with Crippen LogP contribution in [0.3, 0.4) is 0 Å². The summed E-state index contributed by atoms with van der Waals surface area (Å²) in [5.74, 6) is 0.230. The van der Waals surface area contributed by atoms with Crippen LogP contribution in [0.4, 0.5) is 11.4 Å². The number of anilines is 2. The van der Waals surface area contributed by atoms with E-state index in [2.05, 4.69) is 10.6 Å². The molecule has 144 valence electrons. The summed E-state index contributed by atoms with van der Waals surface area (Å²) in [6.07, 6.45) is 4.52. The highest BCUT2D eigenvalue weighted by molar-refractivity contribution is 6.05. The van der Waals surface area contributed by atoms with Gasteiger partial charge in [0, 0.05) is 22.8 Å². The standard InChI is InChI=1S/C23H18N2O4/c1-15-13-17(24-22(26)11-9-18-6-4-12-28-18)8-10-19(15)25-23(27)21-14-16-5-2-3-7-20(16)29-21/h2-14H,1H3,(H,24,26)(H,25,27). The van der Waals surface area contributed by atoms with Crippen molar-refractivity contribution >= 4 is 40.2 Å². The van der Waals surface area contributed by atoms with Crippen LogP contribution in [-0.4, -0.2) is 11.8 Å². The summed E-state index contributed by atoms with van der Waals surface area (Å²) in [6, 6.07) is 17.9. The van der Waals surface area contributed by atoms with Crippen LogP contribution < -0.4 is 10.6 Å². The summed E-state index contributed by atoms with van der Waals surface area (Å²) in [4.78, 5) is 24.5. The highest BCUT2D eigenvalue weighted by Gasteiger charge is 2.13. The van der Waals surface area contributed by atoms with Crippen molar-refractivity contribution in [1.82, 2.24) is 0 Å². The van der Waals surface area contributed by atoms with Crippen molar-refractivity contribution in [3.8, 4) is 0 Å². The van der Waals surface area contributed by atoms with E-state index in [9.17, 15) is 9.59 Å². The van der Waals surface area contributed by atoms with E-state index in [1.165, 1.54) is 6.08 Å². The van der Waals surface area contributed by atoms with Crippen LogP contribution in [0.2, 0.25) is 0 Å². The molecule has 4 rings (SSSR count). The van der Waals surface area contributed by atoms with Crippen LogP contribution in [0.25, 0.3) is 17.0 Å². The Morgan fingerprint density at radius 2 is 1.83 bits per heavy atom. The van der Waals surface area contributed by atoms with E-state index in [0.29, 0.717) is 22.7 Å². The fraction of sp³-hybridized carbons (Fsp3) is 0.0435. The molecule has 0 saturated carbocycles. The average molecular weight is 386 g/mol. The number of benzene rings is 2. The fourth-order valence-electron chi connectivity index (χ4n) is 2.89. The highest BCUT2D eigenvalue weighted by Crippen LogP contribution is 2.23. The van der Waals surface area contributed by atoms with Crippen LogP contribution in [0.15, 0.2) is 81.8 Å². The Kier molecular flexibility index (Phi) is 4.99.